The van der Waals surface area contributed by atoms with Crippen LogP contribution < -0.4 is 0 Å². The molecule has 2 unspecified atom stereocenters. The van der Waals surface area contributed by atoms with E-state index in [-0.39, 0.29) is 12.5 Å². The smallest absolute Gasteiger partial charge is 0.157 e. The highest BCUT2D eigenvalue weighted by Crippen LogP contribution is 2.17. The van der Waals surface area contributed by atoms with Gasteiger partial charge in [0.2, 0.25) is 0 Å². The van der Waals surface area contributed by atoms with Crippen LogP contribution in [0, 0.1) is 5.92 Å². The van der Waals surface area contributed by atoms with Crippen LogP contribution in [0.15, 0.2) is 0 Å². The minimum absolute atomic E-state index is 0.0101. The summed E-state index contributed by atoms with van der Waals surface area (Å²) in [5.74, 6) is 0.167. The summed E-state index contributed by atoms with van der Waals surface area (Å²) < 4.78 is 4.93. The topological polar surface area (TPSA) is 46.5 Å². The molecule has 0 saturated carbocycles. The molecule has 2 atom stereocenters. The van der Waals surface area contributed by atoms with Crippen LogP contribution in [-0.4, -0.2) is 24.3 Å². The first kappa shape index (κ1) is 12.6. The zero-order valence-electron chi connectivity index (χ0n) is 8.53. The Morgan fingerprint density at radius 3 is 2.62 bits per heavy atom. The van der Waals surface area contributed by atoms with Crippen LogP contribution in [0.5, 0.6) is 0 Å². The third-order valence-corrected chi connectivity index (χ3v) is 2.19. The van der Waals surface area contributed by atoms with Crippen molar-refractivity contribution in [2.75, 3.05) is 6.61 Å². The van der Waals surface area contributed by atoms with Crippen molar-refractivity contribution in [3.63, 3.8) is 0 Å². The van der Waals surface area contributed by atoms with Crippen molar-refractivity contribution in [2.45, 2.75) is 45.8 Å². The fourth-order valence-corrected chi connectivity index (χ4v) is 1.29. The fraction of sp³-hybridized carbons (Fsp3) is 0.900. The van der Waals surface area contributed by atoms with Gasteiger partial charge >= 0.3 is 0 Å². The lowest BCUT2D eigenvalue weighted by molar-refractivity contribution is -0.145. The molecule has 0 aromatic carbocycles. The second kappa shape index (κ2) is 8.20. The molecular formula is C10H20O3. The summed E-state index contributed by atoms with van der Waals surface area (Å²) in [6.45, 7) is 4.13. The zero-order valence-corrected chi connectivity index (χ0v) is 8.53. The number of aliphatic hydroxyl groups excluding tert-OH is 1. The highest BCUT2D eigenvalue weighted by molar-refractivity contribution is 5.50. The van der Waals surface area contributed by atoms with Crippen LogP contribution in [0.3, 0.4) is 0 Å². The van der Waals surface area contributed by atoms with Gasteiger partial charge in [0.15, 0.2) is 6.29 Å². The standard InChI is InChI=1S/C10H20O3/c1-3-5-6-9(4-2)10(12)13-8-7-11/h7,9-10,12H,3-6,8H2,1-2H3. The highest BCUT2D eigenvalue weighted by atomic mass is 16.6. The van der Waals surface area contributed by atoms with Crippen LogP contribution in [0.2, 0.25) is 0 Å². The Labute approximate surface area is 80.1 Å². The van der Waals surface area contributed by atoms with Gasteiger partial charge in [0.1, 0.15) is 12.9 Å². The van der Waals surface area contributed by atoms with Crippen LogP contribution in [0.25, 0.3) is 0 Å². The Balaban J connectivity index is 3.69. The largest absolute Gasteiger partial charge is 0.368 e. The summed E-state index contributed by atoms with van der Waals surface area (Å²) >= 11 is 0. The van der Waals surface area contributed by atoms with Crippen LogP contribution >= 0.6 is 0 Å². The first-order valence-electron chi connectivity index (χ1n) is 4.99. The summed E-state index contributed by atoms with van der Waals surface area (Å²) in [7, 11) is 0. The Morgan fingerprint density at radius 1 is 1.46 bits per heavy atom. The number of rotatable bonds is 8. The molecule has 0 saturated heterocycles. The van der Waals surface area contributed by atoms with Crippen molar-refractivity contribution in [3.05, 3.63) is 0 Å². The molecule has 0 aliphatic heterocycles. The van der Waals surface area contributed by atoms with Gasteiger partial charge in [-0.2, -0.15) is 0 Å². The predicted molar refractivity (Wildman–Crippen MR) is 51.3 cm³/mol. The van der Waals surface area contributed by atoms with Gasteiger partial charge in [0.25, 0.3) is 0 Å². The lowest BCUT2D eigenvalue weighted by Crippen LogP contribution is -2.24. The lowest BCUT2D eigenvalue weighted by Gasteiger charge is -2.20. The Hall–Kier alpha value is -0.410. The normalized spacial score (nSPS) is 15.3. The monoisotopic (exact) mass is 188 g/mol. The highest BCUT2D eigenvalue weighted by Gasteiger charge is 2.16. The minimum Gasteiger partial charge on any atom is -0.368 e. The van der Waals surface area contributed by atoms with E-state index in [1.807, 2.05) is 6.92 Å². The second-order valence-corrected chi connectivity index (χ2v) is 3.20. The van der Waals surface area contributed by atoms with Gasteiger partial charge in [-0.05, 0) is 12.8 Å². The summed E-state index contributed by atoms with van der Waals surface area (Å²) in [5, 5.41) is 9.49. The molecule has 0 fully saturated rings. The molecule has 0 heterocycles. The summed E-state index contributed by atoms with van der Waals surface area (Å²) in [5.41, 5.74) is 0. The van der Waals surface area contributed by atoms with Crippen molar-refractivity contribution in [1.29, 1.82) is 0 Å². The number of unbranched alkanes of at least 4 members (excludes halogenated alkanes) is 1. The predicted octanol–water partition coefficient (Wildman–Crippen LogP) is 1.74. The minimum atomic E-state index is -0.776. The Bertz CT molecular complexity index is 125. The maximum Gasteiger partial charge on any atom is 0.157 e. The quantitative estimate of drug-likeness (QED) is 0.466. The summed E-state index contributed by atoms with van der Waals surface area (Å²) in [4.78, 5) is 10.00. The van der Waals surface area contributed by atoms with E-state index in [0.29, 0.717) is 6.29 Å². The van der Waals surface area contributed by atoms with E-state index >= 15 is 0 Å². The number of hydrogen-bond donors (Lipinski definition) is 1. The lowest BCUT2D eigenvalue weighted by atomic mass is 9.99. The van der Waals surface area contributed by atoms with Crippen LogP contribution in [-0.2, 0) is 9.53 Å². The van der Waals surface area contributed by atoms with Crippen molar-refractivity contribution in [3.8, 4) is 0 Å². The molecule has 0 radical (unpaired) electrons. The zero-order chi connectivity index (χ0) is 10.1. The molecule has 0 aliphatic carbocycles. The maximum atomic E-state index is 10.00. The number of aldehydes is 1. The van der Waals surface area contributed by atoms with E-state index in [9.17, 15) is 9.90 Å². The summed E-state index contributed by atoms with van der Waals surface area (Å²) in [6.07, 6.45) is 3.96. The molecule has 3 heteroatoms. The van der Waals surface area contributed by atoms with Crippen LogP contribution in [0.4, 0.5) is 0 Å². The third kappa shape index (κ3) is 5.77. The second-order valence-electron chi connectivity index (χ2n) is 3.20. The van der Waals surface area contributed by atoms with Crippen LogP contribution in [0.1, 0.15) is 39.5 Å². The average molecular weight is 188 g/mol. The van der Waals surface area contributed by atoms with Crippen molar-refractivity contribution in [2.24, 2.45) is 5.92 Å². The van der Waals surface area contributed by atoms with Crippen molar-refractivity contribution >= 4 is 6.29 Å². The molecule has 0 aromatic rings. The summed E-state index contributed by atoms with van der Waals surface area (Å²) in [6, 6.07) is 0. The van der Waals surface area contributed by atoms with Gasteiger partial charge in [-0.15, -0.1) is 0 Å². The van der Waals surface area contributed by atoms with Gasteiger partial charge in [-0.25, -0.2) is 0 Å². The molecule has 1 N–H and O–H groups in total. The van der Waals surface area contributed by atoms with Crippen molar-refractivity contribution < 1.29 is 14.6 Å². The van der Waals surface area contributed by atoms with Gasteiger partial charge in [-0.3, -0.25) is 0 Å². The maximum absolute atomic E-state index is 10.00. The third-order valence-electron chi connectivity index (χ3n) is 2.19. The van der Waals surface area contributed by atoms with E-state index in [1.54, 1.807) is 0 Å². The van der Waals surface area contributed by atoms with Gasteiger partial charge in [0.05, 0.1) is 0 Å². The van der Waals surface area contributed by atoms with E-state index < -0.39 is 6.29 Å². The Morgan fingerprint density at radius 2 is 2.15 bits per heavy atom. The van der Waals surface area contributed by atoms with Gasteiger partial charge < -0.3 is 14.6 Å². The number of ether oxygens (including phenoxy) is 1. The molecule has 0 amide bonds. The van der Waals surface area contributed by atoms with E-state index in [2.05, 4.69) is 6.92 Å². The van der Waals surface area contributed by atoms with Gasteiger partial charge in [-0.1, -0.05) is 26.7 Å². The number of carbonyl (C=O) groups excluding carboxylic acids is 1. The van der Waals surface area contributed by atoms with E-state index in [1.165, 1.54) is 0 Å². The molecule has 3 nitrogen and oxygen atoms in total. The molecule has 0 rings (SSSR count). The molecule has 78 valence electrons. The molecule has 0 aromatic heterocycles. The SMILES string of the molecule is CCCCC(CC)C(O)OCC=O. The molecule has 0 aliphatic rings. The first-order chi connectivity index (χ1) is 6.26. The van der Waals surface area contributed by atoms with Crippen molar-refractivity contribution in [1.82, 2.24) is 0 Å². The average Bonchev–Trinajstić information content (AvgIpc) is 2.16. The molecule has 0 spiro atoms. The first-order valence-corrected chi connectivity index (χ1v) is 4.99. The van der Waals surface area contributed by atoms with E-state index in [0.717, 1.165) is 25.7 Å². The molecular weight excluding hydrogens is 168 g/mol. The van der Waals surface area contributed by atoms with Gasteiger partial charge in [0, 0.05) is 5.92 Å². The number of aliphatic hydroxyl groups is 1. The number of carbonyl (C=O) groups is 1. The number of hydrogen-bond acceptors (Lipinski definition) is 3. The Kier molecular flexibility index (Phi) is 7.94. The van der Waals surface area contributed by atoms with E-state index in [4.69, 9.17) is 4.74 Å². The molecule has 13 heavy (non-hydrogen) atoms. The molecule has 0 bridgehead atoms. The fourth-order valence-electron chi connectivity index (χ4n) is 1.29.